The van der Waals surface area contributed by atoms with Crippen LogP contribution in [-0.2, 0) is 28.5 Å². The quantitative estimate of drug-likeness (QED) is 0.0268. The summed E-state index contributed by atoms with van der Waals surface area (Å²) >= 11 is 0. The Bertz CT molecular complexity index is 985. The molecular weight excluding hydrogens is 725 g/mol. The fraction of sp³-hybridized carbons (Fsp3) is 0.872. The first-order chi connectivity index (χ1) is 27.8. The highest BCUT2D eigenvalue weighted by molar-refractivity contribution is 5.70. The molecule has 4 N–H and O–H groups in total. The van der Waals surface area contributed by atoms with E-state index in [1.54, 1.807) is 0 Å². The van der Waals surface area contributed by atoms with Crippen LogP contribution in [0, 0.1) is 0 Å². The number of unbranched alkanes of at least 4 members (excludes halogenated alkanes) is 24. The lowest BCUT2D eigenvalue weighted by molar-refractivity contribution is -0.305. The van der Waals surface area contributed by atoms with E-state index in [0.29, 0.717) is 6.42 Å². The lowest BCUT2D eigenvalue weighted by Gasteiger charge is -2.39. The standard InChI is InChI=1S/C47H86O10/c1-3-5-7-9-11-13-15-17-19-20-22-23-25-27-29-31-33-35-42(49)54-38-40(39-55-47-46(53)45(52)44(51)41(37-48)57-47)56-43(50)36-34-32-30-28-26-24-21-18-16-14-12-10-8-6-4-2/h10,12,17,19,40-41,44-48,51-53H,3-9,11,13-16,18,20-39H2,1-2H3/b12-10+,19-17+/t40-,41-,44+,45?,46?,47-/m0/s1. The van der Waals surface area contributed by atoms with Crippen molar-refractivity contribution in [2.75, 3.05) is 19.8 Å². The Morgan fingerprint density at radius 3 is 1.42 bits per heavy atom. The number of ether oxygens (including phenoxy) is 4. The summed E-state index contributed by atoms with van der Waals surface area (Å²) in [6, 6.07) is 0. The molecule has 2 unspecified atom stereocenters. The van der Waals surface area contributed by atoms with E-state index in [1.807, 2.05) is 0 Å². The van der Waals surface area contributed by atoms with E-state index in [0.717, 1.165) is 51.4 Å². The molecular formula is C47H86O10. The van der Waals surface area contributed by atoms with Gasteiger partial charge in [-0.25, -0.2) is 0 Å². The molecule has 0 saturated carbocycles. The number of allylic oxidation sites excluding steroid dienone is 4. The van der Waals surface area contributed by atoms with Crippen LogP contribution < -0.4 is 0 Å². The van der Waals surface area contributed by atoms with Crippen LogP contribution in [0.1, 0.15) is 206 Å². The SMILES string of the molecule is CCCC/C=C/CCCCCCCCCCCC(=O)O[C@@H](COC(=O)CCCCCCCCC/C=C/CCCCCCCC)CO[C@H]1O[C@@H](CO)[C@@H](O)C(O)C1O. The van der Waals surface area contributed by atoms with Gasteiger partial charge in [-0.1, -0.05) is 160 Å². The molecule has 0 aliphatic carbocycles. The summed E-state index contributed by atoms with van der Waals surface area (Å²) in [4.78, 5) is 25.3. The Balaban J connectivity index is 2.30. The predicted molar refractivity (Wildman–Crippen MR) is 229 cm³/mol. The maximum Gasteiger partial charge on any atom is 0.306 e. The third kappa shape index (κ3) is 30.0. The van der Waals surface area contributed by atoms with Crippen molar-refractivity contribution in [1.29, 1.82) is 0 Å². The summed E-state index contributed by atoms with van der Waals surface area (Å²) in [7, 11) is 0. The number of carbonyl (C=O) groups is 2. The van der Waals surface area contributed by atoms with Crippen LogP contribution in [0.3, 0.4) is 0 Å². The minimum atomic E-state index is -1.59. The second-order valence-electron chi connectivity index (χ2n) is 16.2. The van der Waals surface area contributed by atoms with Gasteiger partial charge in [-0.3, -0.25) is 9.59 Å². The molecule has 0 aromatic carbocycles. The molecule has 10 nitrogen and oxygen atoms in total. The molecule has 1 aliphatic rings. The van der Waals surface area contributed by atoms with E-state index in [1.165, 1.54) is 122 Å². The summed E-state index contributed by atoms with van der Waals surface area (Å²) in [6.07, 6.45) is 34.6. The maximum atomic E-state index is 12.8. The number of carbonyl (C=O) groups excluding carboxylic acids is 2. The second-order valence-corrected chi connectivity index (χ2v) is 16.2. The van der Waals surface area contributed by atoms with Gasteiger partial charge in [0.25, 0.3) is 0 Å². The van der Waals surface area contributed by atoms with Gasteiger partial charge in [0.05, 0.1) is 13.2 Å². The minimum Gasteiger partial charge on any atom is -0.462 e. The summed E-state index contributed by atoms with van der Waals surface area (Å²) in [6.45, 7) is 3.40. The molecule has 6 atom stereocenters. The molecule has 334 valence electrons. The smallest absolute Gasteiger partial charge is 0.306 e. The normalized spacial score (nSPS) is 20.4. The van der Waals surface area contributed by atoms with Crippen LogP contribution in [0.15, 0.2) is 24.3 Å². The number of aliphatic hydroxyl groups excluding tert-OH is 4. The monoisotopic (exact) mass is 811 g/mol. The van der Waals surface area contributed by atoms with Crippen LogP contribution in [0.25, 0.3) is 0 Å². The van der Waals surface area contributed by atoms with E-state index in [4.69, 9.17) is 18.9 Å². The van der Waals surface area contributed by atoms with E-state index in [2.05, 4.69) is 38.2 Å². The van der Waals surface area contributed by atoms with E-state index < -0.39 is 49.4 Å². The average molecular weight is 811 g/mol. The number of hydrogen-bond acceptors (Lipinski definition) is 10. The Morgan fingerprint density at radius 1 is 0.526 bits per heavy atom. The van der Waals surface area contributed by atoms with Crippen molar-refractivity contribution in [3.63, 3.8) is 0 Å². The third-order valence-corrected chi connectivity index (χ3v) is 10.8. The van der Waals surface area contributed by atoms with Crippen molar-refractivity contribution in [1.82, 2.24) is 0 Å². The Hall–Kier alpha value is -1.82. The lowest BCUT2D eigenvalue weighted by Crippen LogP contribution is -2.59. The van der Waals surface area contributed by atoms with Gasteiger partial charge >= 0.3 is 11.9 Å². The van der Waals surface area contributed by atoms with Crippen molar-refractivity contribution in [2.45, 2.75) is 243 Å². The number of esters is 2. The van der Waals surface area contributed by atoms with Gasteiger partial charge in [-0.15, -0.1) is 0 Å². The fourth-order valence-electron chi connectivity index (χ4n) is 7.05. The zero-order valence-corrected chi connectivity index (χ0v) is 36.3. The molecule has 1 heterocycles. The van der Waals surface area contributed by atoms with Gasteiger partial charge in [0.2, 0.25) is 0 Å². The van der Waals surface area contributed by atoms with Crippen LogP contribution in [-0.4, -0.2) is 89.0 Å². The molecule has 1 rings (SSSR count). The van der Waals surface area contributed by atoms with E-state index in [-0.39, 0.29) is 32.0 Å². The largest absolute Gasteiger partial charge is 0.462 e. The highest BCUT2D eigenvalue weighted by Gasteiger charge is 2.44. The van der Waals surface area contributed by atoms with Gasteiger partial charge in [0.15, 0.2) is 12.4 Å². The van der Waals surface area contributed by atoms with Crippen LogP contribution >= 0.6 is 0 Å². The molecule has 1 saturated heterocycles. The molecule has 0 aromatic heterocycles. The zero-order chi connectivity index (χ0) is 41.6. The highest BCUT2D eigenvalue weighted by Crippen LogP contribution is 2.23. The molecule has 10 heteroatoms. The topological polar surface area (TPSA) is 152 Å². The Morgan fingerprint density at radius 2 is 0.947 bits per heavy atom. The molecule has 0 radical (unpaired) electrons. The van der Waals surface area contributed by atoms with E-state index in [9.17, 15) is 30.0 Å². The molecule has 1 fully saturated rings. The van der Waals surface area contributed by atoms with Crippen molar-refractivity contribution >= 4 is 11.9 Å². The molecule has 0 bridgehead atoms. The fourth-order valence-corrected chi connectivity index (χ4v) is 7.05. The molecule has 1 aliphatic heterocycles. The van der Waals surface area contributed by atoms with E-state index >= 15 is 0 Å². The zero-order valence-electron chi connectivity index (χ0n) is 36.3. The lowest BCUT2D eigenvalue weighted by atomic mass is 9.99. The summed E-state index contributed by atoms with van der Waals surface area (Å²) in [5.74, 6) is -0.808. The predicted octanol–water partition coefficient (Wildman–Crippen LogP) is 10.1. The first-order valence-electron chi connectivity index (χ1n) is 23.4. The number of rotatable bonds is 39. The molecule has 0 amide bonds. The van der Waals surface area contributed by atoms with Gasteiger partial charge in [0, 0.05) is 12.8 Å². The number of aliphatic hydroxyl groups is 4. The van der Waals surface area contributed by atoms with Crippen molar-refractivity contribution in [2.24, 2.45) is 0 Å². The van der Waals surface area contributed by atoms with Crippen molar-refractivity contribution in [3.05, 3.63) is 24.3 Å². The van der Waals surface area contributed by atoms with Crippen LogP contribution in [0.4, 0.5) is 0 Å². The first kappa shape index (κ1) is 53.2. The molecule has 0 spiro atoms. The van der Waals surface area contributed by atoms with Gasteiger partial charge in [-0.05, 0) is 57.8 Å². The van der Waals surface area contributed by atoms with Gasteiger partial charge in [0.1, 0.15) is 31.0 Å². The number of hydrogen-bond donors (Lipinski definition) is 4. The summed E-state index contributed by atoms with van der Waals surface area (Å²) in [5, 5.41) is 40.1. The summed E-state index contributed by atoms with van der Waals surface area (Å²) < 4.78 is 22.2. The molecule has 0 aromatic rings. The third-order valence-electron chi connectivity index (χ3n) is 10.8. The maximum absolute atomic E-state index is 12.8. The molecule has 57 heavy (non-hydrogen) atoms. The van der Waals surface area contributed by atoms with Gasteiger partial charge in [-0.2, -0.15) is 0 Å². The van der Waals surface area contributed by atoms with Crippen LogP contribution in [0.2, 0.25) is 0 Å². The Labute approximate surface area is 347 Å². The van der Waals surface area contributed by atoms with Crippen LogP contribution in [0.5, 0.6) is 0 Å². The second kappa shape index (κ2) is 38.4. The average Bonchev–Trinajstić information content (AvgIpc) is 3.21. The first-order valence-corrected chi connectivity index (χ1v) is 23.4. The highest BCUT2D eigenvalue weighted by atomic mass is 16.7. The minimum absolute atomic E-state index is 0.218. The van der Waals surface area contributed by atoms with Crippen molar-refractivity contribution in [3.8, 4) is 0 Å². The van der Waals surface area contributed by atoms with Gasteiger partial charge < -0.3 is 39.4 Å². The van der Waals surface area contributed by atoms with Crippen molar-refractivity contribution < 1.29 is 49.0 Å². The Kier molecular flexibility index (Phi) is 35.8. The summed E-state index contributed by atoms with van der Waals surface area (Å²) in [5.41, 5.74) is 0.